The number of benzene rings is 2. The van der Waals surface area contributed by atoms with E-state index in [1.54, 1.807) is 0 Å². The summed E-state index contributed by atoms with van der Waals surface area (Å²) < 4.78 is 24.6. The summed E-state index contributed by atoms with van der Waals surface area (Å²) >= 11 is 0. The van der Waals surface area contributed by atoms with Crippen LogP contribution in [-0.2, 0) is 20.6 Å². The van der Waals surface area contributed by atoms with Crippen molar-refractivity contribution in [1.29, 1.82) is 0 Å². The Morgan fingerprint density at radius 1 is 0.895 bits per heavy atom. The first kappa shape index (κ1) is 12.3. The van der Waals surface area contributed by atoms with E-state index < -0.39 is 15.7 Å². The van der Waals surface area contributed by atoms with Gasteiger partial charge in [0.1, 0.15) is 0 Å². The predicted octanol–water partition coefficient (Wildman–Crippen LogP) is 2.09. The van der Waals surface area contributed by atoms with Crippen molar-refractivity contribution in [3.8, 4) is 0 Å². The number of hydrogen-bond donors (Lipinski definition) is 0. The minimum Gasteiger partial charge on any atom is -0.245 e. The molecule has 0 amide bonds. The summed E-state index contributed by atoms with van der Waals surface area (Å²) in [4.78, 5) is 5.49. The number of hydroxylamine groups is 1. The van der Waals surface area contributed by atoms with Crippen LogP contribution in [0.15, 0.2) is 60.7 Å². The molecule has 0 spiro atoms. The third kappa shape index (κ3) is 1.96. The second-order valence-corrected chi connectivity index (χ2v) is 6.26. The lowest BCUT2D eigenvalue weighted by Crippen LogP contribution is -2.22. The van der Waals surface area contributed by atoms with E-state index in [2.05, 4.69) is 0 Å². The van der Waals surface area contributed by atoms with Gasteiger partial charge in [0.05, 0.1) is 6.26 Å². The molecule has 98 valence electrons. The summed E-state index contributed by atoms with van der Waals surface area (Å²) in [6.45, 7) is 0. The Morgan fingerprint density at radius 2 is 1.32 bits per heavy atom. The molecule has 2 aromatic rings. The third-order valence-corrected chi connectivity index (χ3v) is 4.01. The number of nitrogens with zero attached hydrogens (tertiary/aromatic N) is 1. The molecule has 0 radical (unpaired) electrons. The zero-order valence-electron chi connectivity index (χ0n) is 10.4. The lowest BCUT2D eigenvalue weighted by Gasteiger charge is -2.12. The minimum atomic E-state index is -3.42. The lowest BCUT2D eigenvalue weighted by molar-refractivity contribution is 0.268. The molecule has 1 fully saturated rings. The van der Waals surface area contributed by atoms with E-state index in [0.717, 1.165) is 21.9 Å². The molecule has 2 aromatic carbocycles. The maximum Gasteiger partial charge on any atom is 0.236 e. The molecule has 1 atom stereocenters. The molecule has 0 saturated carbocycles. The molecule has 19 heavy (non-hydrogen) atoms. The molecule has 1 aliphatic rings. The largest absolute Gasteiger partial charge is 0.245 e. The number of rotatable bonds is 3. The third-order valence-electron chi connectivity index (χ3n) is 3.07. The highest BCUT2D eigenvalue weighted by Gasteiger charge is 2.63. The first-order valence-electron chi connectivity index (χ1n) is 5.86. The van der Waals surface area contributed by atoms with Crippen molar-refractivity contribution in [2.45, 2.75) is 5.72 Å². The molecule has 3 rings (SSSR count). The molecule has 0 aliphatic carbocycles. The van der Waals surface area contributed by atoms with Gasteiger partial charge in [0.2, 0.25) is 15.7 Å². The van der Waals surface area contributed by atoms with Crippen LogP contribution >= 0.6 is 0 Å². The predicted molar refractivity (Wildman–Crippen MR) is 71.4 cm³/mol. The van der Waals surface area contributed by atoms with Crippen LogP contribution in [0, 0.1) is 0 Å². The zero-order chi connectivity index (χ0) is 13.5. The van der Waals surface area contributed by atoms with Crippen LogP contribution in [0.3, 0.4) is 0 Å². The van der Waals surface area contributed by atoms with Gasteiger partial charge in [0.25, 0.3) is 0 Å². The van der Waals surface area contributed by atoms with Crippen molar-refractivity contribution in [3.63, 3.8) is 0 Å². The number of sulfonamides is 1. The van der Waals surface area contributed by atoms with E-state index in [1.807, 2.05) is 60.7 Å². The van der Waals surface area contributed by atoms with Gasteiger partial charge in [-0.25, -0.2) is 13.3 Å². The van der Waals surface area contributed by atoms with Crippen LogP contribution < -0.4 is 0 Å². The van der Waals surface area contributed by atoms with E-state index in [0.29, 0.717) is 0 Å². The fraction of sp³-hybridized carbons (Fsp3) is 0.143. The first-order valence-corrected chi connectivity index (χ1v) is 7.70. The molecule has 1 saturated heterocycles. The highest BCUT2D eigenvalue weighted by Crippen LogP contribution is 2.51. The summed E-state index contributed by atoms with van der Waals surface area (Å²) in [5.41, 5.74) is 0.578. The van der Waals surface area contributed by atoms with Crippen molar-refractivity contribution >= 4 is 10.0 Å². The monoisotopic (exact) mass is 275 g/mol. The average molecular weight is 275 g/mol. The lowest BCUT2D eigenvalue weighted by atomic mass is 9.97. The SMILES string of the molecule is CS(=O)(=O)N1OC1(c1ccccc1)c1ccccc1. The molecule has 1 heterocycles. The van der Waals surface area contributed by atoms with E-state index in [9.17, 15) is 8.42 Å². The Labute approximate surface area is 112 Å². The van der Waals surface area contributed by atoms with Gasteiger partial charge < -0.3 is 0 Å². The van der Waals surface area contributed by atoms with Crippen LogP contribution in [0.2, 0.25) is 0 Å². The van der Waals surface area contributed by atoms with Gasteiger partial charge >= 0.3 is 0 Å². The standard InChI is InChI=1S/C14H13NO3S/c1-19(16,17)15-14(18-15,12-8-4-2-5-9-12)13-10-6-3-7-11-13/h2-11H,1H3. The molecule has 1 unspecified atom stereocenters. The Bertz CT molecular complexity index is 644. The molecule has 4 nitrogen and oxygen atoms in total. The smallest absolute Gasteiger partial charge is 0.236 e. The van der Waals surface area contributed by atoms with Crippen LogP contribution in [-0.4, -0.2) is 19.1 Å². The van der Waals surface area contributed by atoms with Crippen LogP contribution in [0.1, 0.15) is 11.1 Å². The quantitative estimate of drug-likeness (QED) is 0.806. The molecular weight excluding hydrogens is 262 g/mol. The molecule has 5 heteroatoms. The molecule has 0 aromatic heterocycles. The van der Waals surface area contributed by atoms with Crippen molar-refractivity contribution in [1.82, 2.24) is 4.47 Å². The van der Waals surface area contributed by atoms with Gasteiger partial charge in [-0.2, -0.15) is 0 Å². The summed E-state index contributed by atoms with van der Waals surface area (Å²) in [5, 5.41) is 0. The summed E-state index contributed by atoms with van der Waals surface area (Å²) in [7, 11) is -3.42. The van der Waals surface area contributed by atoms with Gasteiger partial charge in [-0.1, -0.05) is 60.7 Å². The summed E-state index contributed by atoms with van der Waals surface area (Å²) in [6, 6.07) is 18.7. The summed E-state index contributed by atoms with van der Waals surface area (Å²) in [5.74, 6) is 0. The van der Waals surface area contributed by atoms with E-state index >= 15 is 0 Å². The van der Waals surface area contributed by atoms with Crippen LogP contribution in [0.25, 0.3) is 0 Å². The van der Waals surface area contributed by atoms with Crippen molar-refractivity contribution in [2.24, 2.45) is 0 Å². The second-order valence-electron chi connectivity index (χ2n) is 4.46. The first-order chi connectivity index (χ1) is 9.05. The fourth-order valence-corrected chi connectivity index (χ4v) is 3.13. The van der Waals surface area contributed by atoms with Crippen LogP contribution in [0.5, 0.6) is 0 Å². The Morgan fingerprint density at radius 3 is 1.63 bits per heavy atom. The van der Waals surface area contributed by atoms with Crippen molar-refractivity contribution in [3.05, 3.63) is 71.8 Å². The minimum absolute atomic E-state index is 0.798. The maximum atomic E-state index is 11.8. The average Bonchev–Trinajstić information content (AvgIpc) is 3.18. The highest BCUT2D eigenvalue weighted by molar-refractivity contribution is 7.88. The molecule has 0 bridgehead atoms. The van der Waals surface area contributed by atoms with Crippen molar-refractivity contribution < 1.29 is 13.3 Å². The molecule has 1 aliphatic heterocycles. The second kappa shape index (κ2) is 4.16. The van der Waals surface area contributed by atoms with Gasteiger partial charge in [0, 0.05) is 11.1 Å². The van der Waals surface area contributed by atoms with Gasteiger partial charge in [0.15, 0.2) is 0 Å². The van der Waals surface area contributed by atoms with Crippen LogP contribution in [0.4, 0.5) is 0 Å². The normalized spacial score (nSPS) is 21.0. The number of hydrogen-bond acceptors (Lipinski definition) is 3. The fourth-order valence-electron chi connectivity index (χ4n) is 2.21. The maximum absolute atomic E-state index is 11.8. The van der Waals surface area contributed by atoms with Gasteiger partial charge in [-0.15, -0.1) is 0 Å². The zero-order valence-corrected chi connectivity index (χ0v) is 11.2. The Balaban J connectivity index is 2.15. The van der Waals surface area contributed by atoms with Gasteiger partial charge in [-0.3, -0.25) is 0 Å². The Kier molecular flexibility index (Phi) is 2.70. The van der Waals surface area contributed by atoms with E-state index in [-0.39, 0.29) is 0 Å². The van der Waals surface area contributed by atoms with Crippen molar-refractivity contribution in [2.75, 3.05) is 6.26 Å². The molecule has 0 N–H and O–H groups in total. The Hall–Kier alpha value is -1.69. The highest BCUT2D eigenvalue weighted by atomic mass is 32.2. The van der Waals surface area contributed by atoms with E-state index in [4.69, 9.17) is 4.84 Å². The topological polar surface area (TPSA) is 49.7 Å². The molecular formula is C14H13NO3S. The van der Waals surface area contributed by atoms with E-state index in [1.165, 1.54) is 0 Å². The summed E-state index contributed by atoms with van der Waals surface area (Å²) in [6.07, 6.45) is 1.14. The van der Waals surface area contributed by atoms with Gasteiger partial charge in [-0.05, 0) is 4.47 Å².